The first kappa shape index (κ1) is 19.5. The molecule has 7 rings (SSSR count). The molecule has 1 unspecified atom stereocenters. The van der Waals surface area contributed by atoms with Crippen molar-refractivity contribution in [3.8, 4) is 11.5 Å². The molecule has 0 amide bonds. The molecule has 0 bridgehead atoms. The highest BCUT2D eigenvalue weighted by molar-refractivity contribution is 5.80. The Balaban J connectivity index is 1.09. The molecule has 0 spiro atoms. The Bertz CT molecular complexity index is 1150. The Hall–Kier alpha value is -2.92. The molecule has 5 heteroatoms. The van der Waals surface area contributed by atoms with Crippen molar-refractivity contribution in [2.24, 2.45) is 0 Å². The van der Waals surface area contributed by atoms with Crippen molar-refractivity contribution in [3.63, 3.8) is 0 Å². The molecule has 1 saturated heterocycles. The zero-order valence-corrected chi connectivity index (χ0v) is 19.0. The third kappa shape index (κ3) is 3.09. The molecule has 1 atom stereocenters. The molecule has 2 aromatic carbocycles. The van der Waals surface area contributed by atoms with Gasteiger partial charge in [0.15, 0.2) is 0 Å². The molecule has 2 aliphatic carbocycles. The number of aromatic nitrogens is 2. The third-order valence-corrected chi connectivity index (χ3v) is 8.37. The highest BCUT2D eigenvalue weighted by Crippen LogP contribution is 2.62. The van der Waals surface area contributed by atoms with E-state index in [4.69, 9.17) is 9.72 Å². The van der Waals surface area contributed by atoms with Crippen LogP contribution >= 0.6 is 0 Å². The van der Waals surface area contributed by atoms with Crippen LogP contribution in [0.3, 0.4) is 0 Å². The first-order valence-electron chi connectivity index (χ1n) is 12.5. The number of fused-ring (bicyclic) bond motifs is 1. The van der Waals surface area contributed by atoms with Crippen LogP contribution in [0, 0.1) is 0 Å². The van der Waals surface area contributed by atoms with Gasteiger partial charge in [-0.1, -0.05) is 30.3 Å². The topological polar surface area (TPSA) is 41.5 Å². The molecule has 0 N–H and O–H groups in total. The summed E-state index contributed by atoms with van der Waals surface area (Å²) in [5.74, 6) is 2.92. The molecule has 168 valence electrons. The molecule has 3 aromatic rings. The Morgan fingerprint density at radius 1 is 0.788 bits per heavy atom. The minimum absolute atomic E-state index is 0.0666. The van der Waals surface area contributed by atoms with E-state index in [1.165, 1.54) is 74.3 Å². The molecule has 2 fully saturated rings. The number of anilines is 1. The Kier molecular flexibility index (Phi) is 4.48. The summed E-state index contributed by atoms with van der Waals surface area (Å²) in [5.41, 5.74) is 3.84. The second kappa shape index (κ2) is 7.56. The van der Waals surface area contributed by atoms with Crippen LogP contribution in [-0.2, 0) is 5.41 Å². The van der Waals surface area contributed by atoms with E-state index in [9.17, 15) is 0 Å². The Labute approximate surface area is 195 Å². The lowest BCUT2D eigenvalue weighted by molar-refractivity contribution is 0.180. The molecule has 4 aliphatic rings. The lowest BCUT2D eigenvalue weighted by Gasteiger charge is -2.40. The molecule has 0 radical (unpaired) electrons. The van der Waals surface area contributed by atoms with Crippen molar-refractivity contribution in [3.05, 3.63) is 77.7 Å². The third-order valence-electron chi connectivity index (χ3n) is 8.37. The van der Waals surface area contributed by atoms with Gasteiger partial charge in [-0.2, -0.15) is 0 Å². The summed E-state index contributed by atoms with van der Waals surface area (Å²) in [6.07, 6.45) is 9.75. The summed E-state index contributed by atoms with van der Waals surface area (Å²) in [4.78, 5) is 14.8. The van der Waals surface area contributed by atoms with Gasteiger partial charge in [0.2, 0.25) is 0 Å². The molecule has 3 heterocycles. The van der Waals surface area contributed by atoms with Gasteiger partial charge < -0.3 is 14.5 Å². The second-order valence-corrected chi connectivity index (χ2v) is 10.1. The standard InChI is InChI=1S/C28H30N4O/c1-2-6-23(7-3-1)33-24-14-8-20(9-15-24)28-18-32(27-25(28)26(28)29-19-30-27)22-12-10-21(11-13-22)31-16-4-5-17-31/h1-3,6-9,14-15,19,21-22H,4-5,10-13,16-18H2. The van der Waals surface area contributed by atoms with Gasteiger partial charge in [-0.3, -0.25) is 0 Å². The van der Waals surface area contributed by atoms with Gasteiger partial charge in [0.25, 0.3) is 0 Å². The first-order valence-corrected chi connectivity index (χ1v) is 12.5. The normalized spacial score (nSPS) is 28.1. The molecule has 1 aromatic heterocycles. The van der Waals surface area contributed by atoms with Gasteiger partial charge in [0.05, 0.1) is 11.1 Å². The maximum atomic E-state index is 6.02. The average molecular weight is 439 g/mol. The number of hydrogen-bond donors (Lipinski definition) is 0. The van der Waals surface area contributed by atoms with Crippen molar-refractivity contribution in [2.75, 3.05) is 24.5 Å². The average Bonchev–Trinajstić information content (AvgIpc) is 3.19. The summed E-state index contributed by atoms with van der Waals surface area (Å²) >= 11 is 0. The van der Waals surface area contributed by atoms with Crippen molar-refractivity contribution in [1.29, 1.82) is 0 Å². The van der Waals surface area contributed by atoms with Gasteiger partial charge in [-0.05, 0) is 81.4 Å². The SMILES string of the molecule is c1ccc(Oc2ccc(C34CN(C5CCC(N6CCCC6)CC5)c5ncnc3c54)cc2)cc1. The maximum absolute atomic E-state index is 6.02. The van der Waals surface area contributed by atoms with Crippen LogP contribution in [0.1, 0.15) is 55.3 Å². The van der Waals surface area contributed by atoms with Crippen LogP contribution in [0.15, 0.2) is 60.9 Å². The van der Waals surface area contributed by atoms with E-state index in [0.29, 0.717) is 6.04 Å². The van der Waals surface area contributed by atoms with E-state index in [-0.39, 0.29) is 5.41 Å². The first-order chi connectivity index (χ1) is 16.3. The summed E-state index contributed by atoms with van der Waals surface area (Å²) in [6, 6.07) is 20.0. The van der Waals surface area contributed by atoms with Gasteiger partial charge in [0.1, 0.15) is 23.6 Å². The Morgan fingerprint density at radius 2 is 1.48 bits per heavy atom. The molecular weight excluding hydrogens is 408 g/mol. The smallest absolute Gasteiger partial charge is 0.137 e. The second-order valence-electron chi connectivity index (χ2n) is 10.1. The largest absolute Gasteiger partial charge is 0.457 e. The minimum atomic E-state index is -0.0666. The zero-order valence-electron chi connectivity index (χ0n) is 19.0. The van der Waals surface area contributed by atoms with Crippen LogP contribution < -0.4 is 9.64 Å². The molecule has 1 saturated carbocycles. The fourth-order valence-corrected chi connectivity index (χ4v) is 6.63. The number of hydrogen-bond acceptors (Lipinski definition) is 5. The van der Waals surface area contributed by atoms with E-state index >= 15 is 0 Å². The van der Waals surface area contributed by atoms with Crippen molar-refractivity contribution < 1.29 is 4.74 Å². The zero-order chi connectivity index (χ0) is 21.8. The minimum Gasteiger partial charge on any atom is -0.457 e. The molecule has 33 heavy (non-hydrogen) atoms. The van der Waals surface area contributed by atoms with Crippen molar-refractivity contribution >= 4 is 5.82 Å². The van der Waals surface area contributed by atoms with Crippen LogP contribution in [0.4, 0.5) is 5.82 Å². The van der Waals surface area contributed by atoms with Crippen LogP contribution in [0.5, 0.6) is 11.5 Å². The Morgan fingerprint density at radius 3 is 2.24 bits per heavy atom. The number of rotatable bonds is 5. The fraction of sp³-hybridized carbons (Fsp3) is 0.429. The van der Waals surface area contributed by atoms with Gasteiger partial charge in [-0.15, -0.1) is 0 Å². The van der Waals surface area contributed by atoms with E-state index in [1.807, 2.05) is 30.3 Å². The number of ether oxygens (including phenoxy) is 1. The van der Waals surface area contributed by atoms with Crippen LogP contribution in [-0.4, -0.2) is 46.6 Å². The van der Waals surface area contributed by atoms with E-state index in [1.54, 1.807) is 6.33 Å². The fourth-order valence-electron chi connectivity index (χ4n) is 6.63. The van der Waals surface area contributed by atoms with E-state index in [2.05, 4.69) is 39.0 Å². The maximum Gasteiger partial charge on any atom is 0.137 e. The monoisotopic (exact) mass is 438 g/mol. The predicted octanol–water partition coefficient (Wildman–Crippen LogP) is 5.14. The van der Waals surface area contributed by atoms with Gasteiger partial charge in [-0.25, -0.2) is 9.97 Å². The summed E-state index contributed by atoms with van der Waals surface area (Å²) in [6.45, 7) is 3.61. The van der Waals surface area contributed by atoms with Crippen molar-refractivity contribution in [1.82, 2.24) is 14.9 Å². The van der Waals surface area contributed by atoms with Gasteiger partial charge >= 0.3 is 0 Å². The lowest BCUT2D eigenvalue weighted by atomic mass is 9.88. The summed E-state index contributed by atoms with van der Waals surface area (Å²) in [5, 5.41) is 0. The van der Waals surface area contributed by atoms with E-state index < -0.39 is 0 Å². The number of nitrogens with zero attached hydrogens (tertiary/aromatic N) is 4. The highest BCUT2D eigenvalue weighted by atomic mass is 16.5. The molecule has 5 nitrogen and oxygen atoms in total. The molecular formula is C28H30N4O. The summed E-state index contributed by atoms with van der Waals surface area (Å²) < 4.78 is 6.02. The number of benzene rings is 2. The predicted molar refractivity (Wildman–Crippen MR) is 129 cm³/mol. The van der Waals surface area contributed by atoms with Crippen molar-refractivity contribution in [2.45, 2.75) is 56.0 Å². The molecule has 2 aliphatic heterocycles. The van der Waals surface area contributed by atoms with Crippen LogP contribution in [0.25, 0.3) is 0 Å². The number of likely N-dealkylation sites (tertiary alicyclic amines) is 1. The number of para-hydroxylation sites is 1. The highest BCUT2D eigenvalue weighted by Gasteiger charge is 2.63. The van der Waals surface area contributed by atoms with E-state index in [0.717, 1.165) is 24.1 Å². The lowest BCUT2D eigenvalue weighted by Crippen LogP contribution is -2.45. The van der Waals surface area contributed by atoms with Gasteiger partial charge in [0, 0.05) is 24.2 Å². The quantitative estimate of drug-likeness (QED) is 0.551. The van der Waals surface area contributed by atoms with Crippen LogP contribution in [0.2, 0.25) is 0 Å². The summed E-state index contributed by atoms with van der Waals surface area (Å²) in [7, 11) is 0.